The molecule has 1 aromatic heterocycles. The molecule has 2 nitrogen and oxygen atoms in total. The maximum absolute atomic E-state index is 4.92. The van der Waals surface area contributed by atoms with Crippen LogP contribution in [0.15, 0.2) is 22.7 Å². The van der Waals surface area contributed by atoms with E-state index in [0.29, 0.717) is 5.92 Å². The van der Waals surface area contributed by atoms with Crippen LogP contribution in [0.25, 0.3) is 10.6 Å². The summed E-state index contributed by atoms with van der Waals surface area (Å²) in [5.74, 6) is 0.711. The maximum Gasteiger partial charge on any atom is 0.123 e. The van der Waals surface area contributed by atoms with Gasteiger partial charge in [-0.05, 0) is 37.9 Å². The van der Waals surface area contributed by atoms with Gasteiger partial charge in [-0.2, -0.15) is 0 Å². The topological polar surface area (TPSA) is 24.9 Å². The van der Waals surface area contributed by atoms with E-state index in [4.69, 9.17) is 4.98 Å². The summed E-state index contributed by atoms with van der Waals surface area (Å²) in [6, 6.07) is 6.51. The number of aromatic nitrogens is 1. The average Bonchev–Trinajstić information content (AvgIpc) is 3.20. The molecule has 20 heavy (non-hydrogen) atoms. The summed E-state index contributed by atoms with van der Waals surface area (Å²) in [5.41, 5.74) is 3.82. The van der Waals surface area contributed by atoms with Crippen LogP contribution in [0.4, 0.5) is 0 Å². The number of hydrogen-bond donors (Lipinski definition) is 1. The molecule has 1 aromatic carbocycles. The van der Waals surface area contributed by atoms with Gasteiger partial charge in [-0.15, -0.1) is 11.3 Å². The molecule has 0 saturated heterocycles. The molecule has 1 fully saturated rings. The number of benzene rings is 1. The number of rotatable bonds is 5. The molecule has 0 bridgehead atoms. The van der Waals surface area contributed by atoms with Crippen molar-refractivity contribution in [3.63, 3.8) is 0 Å². The van der Waals surface area contributed by atoms with Gasteiger partial charge < -0.3 is 5.32 Å². The summed E-state index contributed by atoms with van der Waals surface area (Å²) >= 11 is 5.46. The lowest BCUT2D eigenvalue weighted by atomic mass is 10.1. The number of halogens is 1. The molecule has 0 aliphatic heterocycles. The Labute approximate surface area is 132 Å². The first kappa shape index (κ1) is 14.2. The Hall–Kier alpha value is -0.710. The van der Waals surface area contributed by atoms with Gasteiger partial charge in [0.2, 0.25) is 0 Å². The summed E-state index contributed by atoms with van der Waals surface area (Å²) in [6.07, 6.45) is 2.61. The lowest BCUT2D eigenvalue weighted by Gasteiger charge is -2.00. The van der Waals surface area contributed by atoms with Gasteiger partial charge in [-0.3, -0.25) is 0 Å². The SMILES string of the molecule is CCNCc1sc(-c2ccc(C)c(Br)c2)nc1C1CC1. The molecule has 2 aromatic rings. The van der Waals surface area contributed by atoms with E-state index in [-0.39, 0.29) is 0 Å². The monoisotopic (exact) mass is 350 g/mol. The second kappa shape index (κ2) is 5.96. The van der Waals surface area contributed by atoms with Gasteiger partial charge in [0.05, 0.1) is 5.69 Å². The van der Waals surface area contributed by atoms with Crippen LogP contribution in [-0.2, 0) is 6.54 Å². The van der Waals surface area contributed by atoms with E-state index < -0.39 is 0 Å². The summed E-state index contributed by atoms with van der Waals surface area (Å²) in [7, 11) is 0. The summed E-state index contributed by atoms with van der Waals surface area (Å²) in [6.45, 7) is 6.22. The standard InChI is InChI=1S/C16H19BrN2S/c1-3-18-9-14-15(11-6-7-11)19-16(20-14)12-5-4-10(2)13(17)8-12/h4-5,8,11,18H,3,6-7,9H2,1-2H3. The molecule has 0 radical (unpaired) electrons. The van der Waals surface area contributed by atoms with E-state index in [1.54, 1.807) is 0 Å². The minimum atomic E-state index is 0.711. The minimum Gasteiger partial charge on any atom is -0.312 e. The van der Waals surface area contributed by atoms with E-state index in [2.05, 4.69) is 53.3 Å². The van der Waals surface area contributed by atoms with Gasteiger partial charge in [-0.25, -0.2) is 4.98 Å². The number of nitrogens with one attached hydrogen (secondary N) is 1. The lowest BCUT2D eigenvalue weighted by Crippen LogP contribution is -2.11. The van der Waals surface area contributed by atoms with Crippen LogP contribution in [0.2, 0.25) is 0 Å². The van der Waals surface area contributed by atoms with Crippen LogP contribution in [-0.4, -0.2) is 11.5 Å². The van der Waals surface area contributed by atoms with Gasteiger partial charge in [0.15, 0.2) is 0 Å². The molecule has 1 aliphatic rings. The van der Waals surface area contributed by atoms with Crippen LogP contribution < -0.4 is 5.32 Å². The first-order valence-corrected chi connectivity index (χ1v) is 8.76. The molecule has 4 heteroatoms. The predicted molar refractivity (Wildman–Crippen MR) is 89.3 cm³/mol. The normalized spacial score (nSPS) is 14.8. The first-order chi connectivity index (χ1) is 9.69. The molecule has 0 atom stereocenters. The van der Waals surface area contributed by atoms with Crippen LogP contribution in [0, 0.1) is 6.92 Å². The molecule has 0 spiro atoms. The Morgan fingerprint density at radius 2 is 2.20 bits per heavy atom. The molecule has 1 saturated carbocycles. The van der Waals surface area contributed by atoms with Crippen molar-refractivity contribution < 1.29 is 0 Å². The molecule has 0 amide bonds. The molecular formula is C16H19BrN2S. The highest BCUT2D eigenvalue weighted by Gasteiger charge is 2.29. The third-order valence-electron chi connectivity index (χ3n) is 3.65. The molecule has 1 N–H and O–H groups in total. The number of thiazole rings is 1. The Morgan fingerprint density at radius 3 is 2.85 bits per heavy atom. The highest BCUT2D eigenvalue weighted by Crippen LogP contribution is 2.44. The van der Waals surface area contributed by atoms with E-state index in [1.165, 1.54) is 34.5 Å². The van der Waals surface area contributed by atoms with Gasteiger partial charge in [0, 0.05) is 27.4 Å². The Kier molecular flexibility index (Phi) is 4.24. The Bertz CT molecular complexity index is 617. The number of nitrogens with zero attached hydrogens (tertiary/aromatic N) is 1. The van der Waals surface area contributed by atoms with Crippen molar-refractivity contribution in [1.82, 2.24) is 10.3 Å². The van der Waals surface area contributed by atoms with Crippen LogP contribution in [0.1, 0.15) is 41.8 Å². The number of hydrogen-bond acceptors (Lipinski definition) is 3. The Morgan fingerprint density at radius 1 is 1.40 bits per heavy atom. The summed E-state index contributed by atoms with van der Waals surface area (Å²) in [5, 5.41) is 4.59. The minimum absolute atomic E-state index is 0.711. The van der Waals surface area contributed by atoms with Crippen molar-refractivity contribution in [2.75, 3.05) is 6.54 Å². The van der Waals surface area contributed by atoms with Crippen LogP contribution in [0.5, 0.6) is 0 Å². The second-order valence-electron chi connectivity index (χ2n) is 5.35. The fraction of sp³-hybridized carbons (Fsp3) is 0.438. The molecule has 0 unspecified atom stereocenters. The fourth-order valence-corrected chi connectivity index (χ4v) is 3.75. The summed E-state index contributed by atoms with van der Waals surface area (Å²) < 4.78 is 1.16. The maximum atomic E-state index is 4.92. The van der Waals surface area contributed by atoms with Crippen molar-refractivity contribution in [2.45, 2.75) is 39.2 Å². The largest absolute Gasteiger partial charge is 0.312 e. The van der Waals surface area contributed by atoms with Gasteiger partial charge in [0.25, 0.3) is 0 Å². The third kappa shape index (κ3) is 2.97. The van der Waals surface area contributed by atoms with Crippen LogP contribution in [0.3, 0.4) is 0 Å². The summed E-state index contributed by atoms with van der Waals surface area (Å²) in [4.78, 5) is 6.34. The van der Waals surface area contributed by atoms with Crippen molar-refractivity contribution in [3.8, 4) is 10.6 Å². The van der Waals surface area contributed by atoms with Crippen molar-refractivity contribution in [3.05, 3.63) is 38.8 Å². The fourth-order valence-electron chi connectivity index (χ4n) is 2.25. The van der Waals surface area contributed by atoms with E-state index in [1.807, 2.05) is 11.3 Å². The van der Waals surface area contributed by atoms with E-state index in [9.17, 15) is 0 Å². The van der Waals surface area contributed by atoms with Crippen molar-refractivity contribution >= 4 is 27.3 Å². The second-order valence-corrected chi connectivity index (χ2v) is 7.28. The smallest absolute Gasteiger partial charge is 0.123 e. The zero-order chi connectivity index (χ0) is 14.1. The van der Waals surface area contributed by atoms with Gasteiger partial charge in [-0.1, -0.05) is 35.0 Å². The Balaban J connectivity index is 1.94. The van der Waals surface area contributed by atoms with Crippen molar-refractivity contribution in [2.24, 2.45) is 0 Å². The zero-order valence-electron chi connectivity index (χ0n) is 11.9. The third-order valence-corrected chi connectivity index (χ3v) is 5.62. The van der Waals surface area contributed by atoms with Crippen molar-refractivity contribution in [1.29, 1.82) is 0 Å². The van der Waals surface area contributed by atoms with Gasteiger partial charge in [0.1, 0.15) is 5.01 Å². The molecule has 3 rings (SSSR count). The van der Waals surface area contributed by atoms with E-state index in [0.717, 1.165) is 22.6 Å². The zero-order valence-corrected chi connectivity index (χ0v) is 14.3. The molecule has 1 aliphatic carbocycles. The van der Waals surface area contributed by atoms with Crippen LogP contribution >= 0.6 is 27.3 Å². The van der Waals surface area contributed by atoms with Gasteiger partial charge >= 0.3 is 0 Å². The highest BCUT2D eigenvalue weighted by atomic mass is 79.9. The highest BCUT2D eigenvalue weighted by molar-refractivity contribution is 9.10. The molecule has 106 valence electrons. The lowest BCUT2D eigenvalue weighted by molar-refractivity contribution is 0.727. The average molecular weight is 351 g/mol. The first-order valence-electron chi connectivity index (χ1n) is 7.16. The predicted octanol–water partition coefficient (Wildman–Crippen LogP) is 4.87. The quantitative estimate of drug-likeness (QED) is 0.831. The van der Waals surface area contributed by atoms with E-state index >= 15 is 0 Å². The molecule has 1 heterocycles. The molecular weight excluding hydrogens is 332 g/mol. The number of aryl methyl sites for hydroxylation is 1.